The molecular formula is C19H20NO6-. The molecule has 0 aliphatic heterocycles. The van der Waals surface area contributed by atoms with Gasteiger partial charge >= 0.3 is 0 Å². The summed E-state index contributed by atoms with van der Waals surface area (Å²) in [5.74, 6) is -0.859. The van der Waals surface area contributed by atoms with E-state index in [2.05, 4.69) is 5.32 Å². The van der Waals surface area contributed by atoms with E-state index >= 15 is 0 Å². The van der Waals surface area contributed by atoms with Gasteiger partial charge in [0.2, 0.25) is 0 Å². The van der Waals surface area contributed by atoms with Gasteiger partial charge in [-0.05, 0) is 30.7 Å². The van der Waals surface area contributed by atoms with E-state index in [1.165, 1.54) is 26.4 Å². The molecule has 0 fully saturated rings. The number of aromatic carboxylic acids is 1. The molecule has 2 aromatic carbocycles. The molecule has 0 aliphatic rings. The molecule has 1 N–H and O–H groups in total. The third kappa shape index (κ3) is 4.44. The molecule has 0 bridgehead atoms. The molecule has 0 unspecified atom stereocenters. The molecule has 7 heteroatoms. The summed E-state index contributed by atoms with van der Waals surface area (Å²) in [6, 6.07) is 9.24. The van der Waals surface area contributed by atoms with Crippen LogP contribution in [0, 0.1) is 0 Å². The number of carbonyl (C=O) groups is 2. The number of benzene rings is 2. The van der Waals surface area contributed by atoms with Gasteiger partial charge in [-0.15, -0.1) is 0 Å². The van der Waals surface area contributed by atoms with E-state index in [1.807, 2.05) is 6.92 Å². The van der Waals surface area contributed by atoms with E-state index in [1.54, 1.807) is 24.3 Å². The molecule has 7 nitrogen and oxygen atoms in total. The summed E-state index contributed by atoms with van der Waals surface area (Å²) in [5.41, 5.74) is 0.166. The predicted octanol–water partition coefficient (Wildman–Crippen LogP) is 2.11. The number of amides is 1. The van der Waals surface area contributed by atoms with E-state index in [4.69, 9.17) is 14.2 Å². The van der Waals surface area contributed by atoms with E-state index in [-0.39, 0.29) is 22.7 Å². The van der Waals surface area contributed by atoms with Crippen molar-refractivity contribution in [3.05, 3.63) is 47.5 Å². The van der Waals surface area contributed by atoms with Gasteiger partial charge in [0.1, 0.15) is 5.75 Å². The highest BCUT2D eigenvalue weighted by atomic mass is 16.5. The molecule has 0 atom stereocenters. The Hall–Kier alpha value is -3.22. The molecule has 0 aliphatic carbocycles. The predicted molar refractivity (Wildman–Crippen MR) is 94.1 cm³/mol. The number of hydrogen-bond acceptors (Lipinski definition) is 6. The fourth-order valence-electron chi connectivity index (χ4n) is 2.29. The molecule has 0 spiro atoms. The first-order valence-corrected chi connectivity index (χ1v) is 8.01. The quantitative estimate of drug-likeness (QED) is 0.776. The number of anilines is 1. The van der Waals surface area contributed by atoms with Gasteiger partial charge in [-0.1, -0.05) is 13.0 Å². The lowest BCUT2D eigenvalue weighted by Gasteiger charge is -2.16. The summed E-state index contributed by atoms with van der Waals surface area (Å²) in [7, 11) is 2.80. The fraction of sp³-hybridized carbons (Fsp3) is 0.263. The van der Waals surface area contributed by atoms with Gasteiger partial charge in [0.05, 0.1) is 32.5 Å². The minimum Gasteiger partial charge on any atom is -0.545 e. The summed E-state index contributed by atoms with van der Waals surface area (Å²) in [6.45, 7) is 2.52. The van der Waals surface area contributed by atoms with Gasteiger partial charge in [0.25, 0.3) is 5.91 Å². The number of carboxylic acid groups (broad SMARTS) is 1. The van der Waals surface area contributed by atoms with Crippen LogP contribution in [0.2, 0.25) is 0 Å². The van der Waals surface area contributed by atoms with Crippen LogP contribution < -0.4 is 24.6 Å². The number of nitrogens with one attached hydrogen (secondary N) is 1. The summed E-state index contributed by atoms with van der Waals surface area (Å²) in [6.07, 6.45) is 0.844. The Balaban J connectivity index is 2.32. The highest BCUT2D eigenvalue weighted by molar-refractivity contribution is 6.08. The largest absolute Gasteiger partial charge is 0.545 e. The third-order valence-electron chi connectivity index (χ3n) is 3.56. The Bertz CT molecular complexity index is 803. The summed E-state index contributed by atoms with van der Waals surface area (Å²) >= 11 is 0. The first-order valence-electron chi connectivity index (χ1n) is 8.01. The number of carbonyl (C=O) groups excluding carboxylic acids is 2. The summed E-state index contributed by atoms with van der Waals surface area (Å²) < 4.78 is 15.7. The molecule has 26 heavy (non-hydrogen) atoms. The average molecular weight is 358 g/mol. The van der Waals surface area contributed by atoms with Crippen LogP contribution in [0.5, 0.6) is 17.2 Å². The van der Waals surface area contributed by atoms with Crippen molar-refractivity contribution in [3.8, 4) is 17.2 Å². The molecule has 0 saturated carbocycles. The molecule has 0 heterocycles. The first-order chi connectivity index (χ1) is 12.5. The number of carboxylic acids is 1. The van der Waals surface area contributed by atoms with E-state index in [9.17, 15) is 14.7 Å². The first kappa shape index (κ1) is 19.1. The van der Waals surface area contributed by atoms with Crippen LogP contribution in [0.1, 0.15) is 34.1 Å². The van der Waals surface area contributed by atoms with Gasteiger partial charge < -0.3 is 29.4 Å². The molecule has 0 saturated heterocycles. The lowest BCUT2D eigenvalue weighted by Crippen LogP contribution is -2.25. The van der Waals surface area contributed by atoms with Crippen molar-refractivity contribution in [1.82, 2.24) is 0 Å². The van der Waals surface area contributed by atoms with E-state index in [0.717, 1.165) is 6.42 Å². The van der Waals surface area contributed by atoms with Crippen LogP contribution in [-0.4, -0.2) is 32.7 Å². The van der Waals surface area contributed by atoms with E-state index in [0.29, 0.717) is 17.9 Å². The van der Waals surface area contributed by atoms with Gasteiger partial charge in [-0.3, -0.25) is 4.79 Å². The van der Waals surface area contributed by atoms with Crippen molar-refractivity contribution in [2.24, 2.45) is 0 Å². The second kappa shape index (κ2) is 8.75. The molecule has 0 aromatic heterocycles. The van der Waals surface area contributed by atoms with Crippen LogP contribution in [-0.2, 0) is 0 Å². The van der Waals surface area contributed by atoms with Crippen molar-refractivity contribution in [1.29, 1.82) is 0 Å². The standard InChI is InChI=1S/C19H21NO6/c1-4-8-26-13-7-5-6-12(9-13)18(21)20-15-11-17(25-3)16(24-2)10-14(15)19(22)23/h5-7,9-11H,4,8H2,1-3H3,(H,20,21)(H,22,23)/p-1. The topological polar surface area (TPSA) is 96.9 Å². The molecular weight excluding hydrogens is 338 g/mol. The molecule has 2 rings (SSSR count). The maximum Gasteiger partial charge on any atom is 0.255 e. The van der Waals surface area contributed by atoms with Gasteiger partial charge in [0, 0.05) is 17.2 Å². The summed E-state index contributed by atoms with van der Waals surface area (Å²) in [4.78, 5) is 23.9. The van der Waals surface area contributed by atoms with Gasteiger partial charge in [-0.25, -0.2) is 0 Å². The zero-order chi connectivity index (χ0) is 19.1. The highest BCUT2D eigenvalue weighted by Crippen LogP contribution is 2.33. The number of ether oxygens (including phenoxy) is 3. The fourth-order valence-corrected chi connectivity index (χ4v) is 2.29. The SMILES string of the molecule is CCCOc1cccc(C(=O)Nc2cc(OC)c(OC)cc2C(=O)[O-])c1. The maximum absolute atomic E-state index is 12.5. The lowest BCUT2D eigenvalue weighted by atomic mass is 10.1. The smallest absolute Gasteiger partial charge is 0.255 e. The van der Waals surface area contributed by atoms with Gasteiger partial charge in [-0.2, -0.15) is 0 Å². The number of methoxy groups -OCH3 is 2. The monoisotopic (exact) mass is 358 g/mol. The zero-order valence-corrected chi connectivity index (χ0v) is 14.8. The van der Waals surface area contributed by atoms with E-state index < -0.39 is 11.9 Å². The highest BCUT2D eigenvalue weighted by Gasteiger charge is 2.15. The Labute approximate surface area is 151 Å². The molecule has 1 amide bonds. The minimum absolute atomic E-state index is 0.0486. The third-order valence-corrected chi connectivity index (χ3v) is 3.56. The zero-order valence-electron chi connectivity index (χ0n) is 14.8. The van der Waals surface area contributed by atoms with Crippen molar-refractivity contribution in [2.75, 3.05) is 26.1 Å². The van der Waals surface area contributed by atoms with Crippen molar-refractivity contribution < 1.29 is 28.9 Å². The lowest BCUT2D eigenvalue weighted by molar-refractivity contribution is -0.254. The van der Waals surface area contributed by atoms with Gasteiger partial charge in [0.15, 0.2) is 11.5 Å². The summed E-state index contributed by atoms with van der Waals surface area (Å²) in [5, 5.41) is 14.0. The van der Waals surface area contributed by atoms with Crippen molar-refractivity contribution >= 4 is 17.6 Å². The molecule has 2 aromatic rings. The normalized spacial score (nSPS) is 10.1. The Morgan fingerprint density at radius 3 is 2.38 bits per heavy atom. The Kier molecular flexibility index (Phi) is 6.43. The Morgan fingerprint density at radius 2 is 1.77 bits per heavy atom. The van der Waals surface area contributed by atoms with Crippen LogP contribution in [0.15, 0.2) is 36.4 Å². The second-order valence-corrected chi connectivity index (χ2v) is 5.37. The minimum atomic E-state index is -1.44. The maximum atomic E-state index is 12.5. The Morgan fingerprint density at radius 1 is 1.08 bits per heavy atom. The van der Waals surface area contributed by atoms with Crippen LogP contribution in [0.4, 0.5) is 5.69 Å². The molecule has 0 radical (unpaired) electrons. The van der Waals surface area contributed by atoms with Crippen LogP contribution in [0.3, 0.4) is 0 Å². The van der Waals surface area contributed by atoms with Crippen molar-refractivity contribution in [2.45, 2.75) is 13.3 Å². The van der Waals surface area contributed by atoms with Crippen LogP contribution in [0.25, 0.3) is 0 Å². The van der Waals surface area contributed by atoms with Crippen LogP contribution >= 0.6 is 0 Å². The molecule has 138 valence electrons. The van der Waals surface area contributed by atoms with Crippen molar-refractivity contribution in [3.63, 3.8) is 0 Å². The second-order valence-electron chi connectivity index (χ2n) is 5.37. The number of rotatable bonds is 8. The average Bonchev–Trinajstić information content (AvgIpc) is 2.65. The number of hydrogen-bond donors (Lipinski definition) is 1.